The Morgan fingerprint density at radius 3 is 2.80 bits per heavy atom. The largest absolute Gasteiger partial charge is 0.341 e. The number of hydrogen-bond donors (Lipinski definition) is 2. The van der Waals surface area contributed by atoms with Crippen LogP contribution in [0.1, 0.15) is 0 Å². The van der Waals surface area contributed by atoms with E-state index in [-0.39, 0.29) is 4.90 Å². The first kappa shape index (κ1) is 13.8. The van der Waals surface area contributed by atoms with Gasteiger partial charge in [0.1, 0.15) is 10.7 Å². The van der Waals surface area contributed by atoms with Crippen LogP contribution in [0.5, 0.6) is 0 Å². The van der Waals surface area contributed by atoms with Gasteiger partial charge in [-0.1, -0.05) is 11.6 Å². The summed E-state index contributed by atoms with van der Waals surface area (Å²) < 4.78 is 28.2. The van der Waals surface area contributed by atoms with Crippen LogP contribution in [-0.2, 0) is 10.0 Å². The number of anilines is 1. The van der Waals surface area contributed by atoms with Crippen LogP contribution in [0.25, 0.3) is 0 Å². The Kier molecular flexibility index (Phi) is 3.68. The van der Waals surface area contributed by atoms with Gasteiger partial charge in [0.25, 0.3) is 10.0 Å². The van der Waals surface area contributed by atoms with Crippen molar-refractivity contribution >= 4 is 33.1 Å². The van der Waals surface area contributed by atoms with Gasteiger partial charge >= 0.3 is 0 Å². The Balaban J connectivity index is 1.85. The zero-order chi connectivity index (χ0) is 14.2. The van der Waals surface area contributed by atoms with E-state index < -0.39 is 10.0 Å². The van der Waals surface area contributed by atoms with Crippen LogP contribution < -0.4 is 10.6 Å². The van der Waals surface area contributed by atoms with Gasteiger partial charge in [-0.2, -0.15) is 8.42 Å². The molecule has 0 atom stereocenters. The van der Waals surface area contributed by atoms with Crippen LogP contribution in [0.15, 0.2) is 27.5 Å². The molecule has 3 rings (SSSR count). The fraction of sp³-hybridized carbons (Fsp3) is 0.417. The number of fused-ring (bicyclic) bond motifs is 1. The molecule has 20 heavy (non-hydrogen) atoms. The number of halogens is 1. The number of benzene rings is 1. The molecule has 6 nitrogen and oxygen atoms in total. The molecule has 0 saturated carbocycles. The number of hydrogen-bond acceptors (Lipinski definition) is 5. The van der Waals surface area contributed by atoms with Crippen molar-refractivity contribution in [1.82, 2.24) is 10.2 Å². The smallest absolute Gasteiger partial charge is 0.286 e. The maximum absolute atomic E-state index is 12.2. The third-order valence-corrected chi connectivity index (χ3v) is 4.90. The molecule has 0 bridgehead atoms. The summed E-state index contributed by atoms with van der Waals surface area (Å²) in [6.07, 6.45) is 0. The summed E-state index contributed by atoms with van der Waals surface area (Å²) in [6, 6.07) is 4.75. The molecule has 2 heterocycles. The van der Waals surface area contributed by atoms with Crippen LogP contribution >= 0.6 is 11.6 Å². The Hall–Kier alpha value is -1.15. The lowest BCUT2D eigenvalue weighted by molar-refractivity contribution is 0.272. The minimum Gasteiger partial charge on any atom is -0.341 e. The van der Waals surface area contributed by atoms with E-state index in [4.69, 9.17) is 11.6 Å². The molecular formula is C12H15ClN4O2S. The first-order valence-electron chi connectivity index (χ1n) is 6.38. The highest BCUT2D eigenvalue weighted by Crippen LogP contribution is 2.29. The molecule has 0 radical (unpaired) electrons. The van der Waals surface area contributed by atoms with Crippen molar-refractivity contribution in [2.24, 2.45) is 4.40 Å². The van der Waals surface area contributed by atoms with Crippen LogP contribution in [0.3, 0.4) is 0 Å². The number of nitrogens with one attached hydrogen (secondary N) is 2. The van der Waals surface area contributed by atoms with E-state index in [1.54, 1.807) is 12.1 Å². The summed E-state index contributed by atoms with van der Waals surface area (Å²) in [5, 5.41) is 6.72. The Morgan fingerprint density at radius 1 is 1.30 bits per heavy atom. The molecule has 2 aliphatic rings. The second kappa shape index (κ2) is 5.33. The summed E-state index contributed by atoms with van der Waals surface area (Å²) in [6.45, 7) is 4.09. The van der Waals surface area contributed by atoms with Gasteiger partial charge in [-0.3, -0.25) is 4.90 Å². The van der Waals surface area contributed by atoms with Crippen LogP contribution in [0.4, 0.5) is 5.69 Å². The minimum absolute atomic E-state index is 0.133. The summed E-state index contributed by atoms with van der Waals surface area (Å²) >= 11 is 5.84. The van der Waals surface area contributed by atoms with Crippen molar-refractivity contribution in [3.05, 3.63) is 23.2 Å². The summed E-state index contributed by atoms with van der Waals surface area (Å²) in [7, 11) is -3.67. The quantitative estimate of drug-likeness (QED) is 0.843. The van der Waals surface area contributed by atoms with Gasteiger partial charge in [0, 0.05) is 31.2 Å². The van der Waals surface area contributed by atoms with E-state index >= 15 is 0 Å². The van der Waals surface area contributed by atoms with Gasteiger partial charge in [-0.15, -0.1) is 4.40 Å². The molecule has 0 aliphatic carbocycles. The van der Waals surface area contributed by atoms with Crippen LogP contribution in [-0.4, -0.2) is 51.9 Å². The molecule has 108 valence electrons. The maximum atomic E-state index is 12.2. The van der Waals surface area contributed by atoms with Crippen molar-refractivity contribution in [1.29, 1.82) is 0 Å². The first-order valence-corrected chi connectivity index (χ1v) is 8.20. The topological polar surface area (TPSA) is 73.8 Å². The summed E-state index contributed by atoms with van der Waals surface area (Å²) in [4.78, 5) is 2.30. The summed E-state index contributed by atoms with van der Waals surface area (Å²) in [5.41, 5.74) is 0.537. The fourth-order valence-electron chi connectivity index (χ4n) is 2.33. The minimum atomic E-state index is -3.67. The lowest BCUT2D eigenvalue weighted by Crippen LogP contribution is -2.47. The van der Waals surface area contributed by atoms with E-state index in [1.807, 2.05) is 0 Å². The normalized spacial score (nSPS) is 21.8. The molecule has 0 amide bonds. The Labute approximate surface area is 122 Å². The van der Waals surface area contributed by atoms with Crippen molar-refractivity contribution < 1.29 is 8.42 Å². The molecule has 0 spiro atoms. The molecule has 1 fully saturated rings. The second-order valence-electron chi connectivity index (χ2n) is 4.80. The summed E-state index contributed by atoms with van der Waals surface area (Å²) in [5.74, 6) is 0.460. The van der Waals surface area contributed by atoms with Gasteiger partial charge in [0.15, 0.2) is 0 Å². The number of amidine groups is 1. The van der Waals surface area contributed by atoms with E-state index in [2.05, 4.69) is 19.9 Å². The third kappa shape index (κ3) is 2.80. The zero-order valence-corrected chi connectivity index (χ0v) is 12.3. The molecule has 1 aromatic carbocycles. The van der Waals surface area contributed by atoms with E-state index in [9.17, 15) is 8.42 Å². The highest BCUT2D eigenvalue weighted by atomic mass is 35.5. The van der Waals surface area contributed by atoms with Gasteiger partial charge in [0.2, 0.25) is 0 Å². The number of nitrogens with zero attached hydrogens (tertiary/aromatic N) is 2. The predicted octanol–water partition coefficient (Wildman–Crippen LogP) is 0.758. The third-order valence-electron chi connectivity index (χ3n) is 3.31. The number of piperazine rings is 1. The monoisotopic (exact) mass is 314 g/mol. The zero-order valence-electron chi connectivity index (χ0n) is 10.8. The van der Waals surface area contributed by atoms with Crippen molar-refractivity contribution in [2.75, 3.05) is 38.0 Å². The standard InChI is InChI=1S/C12H15ClN4O2S/c13-9-1-2-10-11(7-9)20(18,19)16-12(15-10)8-17-5-3-14-4-6-17/h1-2,7,14H,3-6,8H2,(H,15,16). The van der Waals surface area contributed by atoms with E-state index in [1.165, 1.54) is 6.07 Å². The highest BCUT2D eigenvalue weighted by Gasteiger charge is 2.26. The van der Waals surface area contributed by atoms with Crippen molar-refractivity contribution in [2.45, 2.75) is 4.90 Å². The highest BCUT2D eigenvalue weighted by molar-refractivity contribution is 7.90. The molecule has 1 aromatic rings. The molecular weight excluding hydrogens is 300 g/mol. The fourth-order valence-corrected chi connectivity index (χ4v) is 3.74. The number of rotatable bonds is 2. The predicted molar refractivity (Wildman–Crippen MR) is 79.0 cm³/mol. The van der Waals surface area contributed by atoms with Gasteiger partial charge in [-0.05, 0) is 18.2 Å². The van der Waals surface area contributed by atoms with E-state index in [0.29, 0.717) is 23.1 Å². The molecule has 2 N–H and O–H groups in total. The van der Waals surface area contributed by atoms with Gasteiger partial charge in [0.05, 0.1) is 12.2 Å². The van der Waals surface area contributed by atoms with Crippen molar-refractivity contribution in [3.63, 3.8) is 0 Å². The lowest BCUT2D eigenvalue weighted by atomic mass is 10.3. The molecule has 1 saturated heterocycles. The van der Waals surface area contributed by atoms with Crippen LogP contribution in [0.2, 0.25) is 5.02 Å². The second-order valence-corrected chi connectivity index (χ2v) is 6.81. The SMILES string of the molecule is O=S1(=O)N=C(CN2CCNCC2)Nc2ccc(Cl)cc21. The Morgan fingerprint density at radius 2 is 2.05 bits per heavy atom. The van der Waals surface area contributed by atoms with E-state index in [0.717, 1.165) is 26.2 Å². The molecule has 2 aliphatic heterocycles. The average Bonchev–Trinajstić information content (AvgIpc) is 2.40. The molecule has 0 unspecified atom stereocenters. The van der Waals surface area contributed by atoms with Crippen molar-refractivity contribution in [3.8, 4) is 0 Å². The maximum Gasteiger partial charge on any atom is 0.286 e. The van der Waals surface area contributed by atoms with Gasteiger partial charge in [-0.25, -0.2) is 0 Å². The number of sulfonamides is 1. The van der Waals surface area contributed by atoms with Gasteiger partial charge < -0.3 is 10.6 Å². The molecule has 8 heteroatoms. The van der Waals surface area contributed by atoms with Crippen LogP contribution in [0, 0.1) is 0 Å². The first-order chi connectivity index (χ1) is 9.54. The lowest BCUT2D eigenvalue weighted by Gasteiger charge is -2.28. The Bertz CT molecular complexity index is 653. The average molecular weight is 315 g/mol. The molecule has 0 aromatic heterocycles.